The summed E-state index contributed by atoms with van der Waals surface area (Å²) in [4.78, 5) is 12.2. The Labute approximate surface area is 121 Å². The van der Waals surface area contributed by atoms with Gasteiger partial charge in [-0.25, -0.2) is 0 Å². The largest absolute Gasteiger partial charge is 0.391 e. The van der Waals surface area contributed by atoms with Crippen molar-refractivity contribution in [2.45, 2.75) is 44.8 Å². The fourth-order valence-electron chi connectivity index (χ4n) is 2.35. The van der Waals surface area contributed by atoms with Crippen LogP contribution in [0.5, 0.6) is 0 Å². The number of rotatable bonds is 2. The lowest BCUT2D eigenvalue weighted by atomic mass is 9.92. The predicted molar refractivity (Wildman–Crippen MR) is 79.6 cm³/mol. The van der Waals surface area contributed by atoms with Crippen LogP contribution < -0.4 is 5.32 Å². The molecule has 4 heteroatoms. The van der Waals surface area contributed by atoms with Crippen LogP contribution in [-0.2, 0) is 0 Å². The Hall–Kier alpha value is -0.620. The van der Waals surface area contributed by atoms with E-state index in [0.717, 1.165) is 34.8 Å². The Kier molecular flexibility index (Phi) is 4.61. The molecule has 0 aromatic heterocycles. The number of aliphatic hydroxyl groups excluding tert-OH is 1. The molecule has 1 aromatic rings. The molecule has 2 atom stereocenters. The molecule has 1 aliphatic rings. The molecule has 18 heavy (non-hydrogen) atoms. The van der Waals surface area contributed by atoms with Gasteiger partial charge in [0.05, 0.1) is 17.7 Å². The molecule has 2 unspecified atom stereocenters. The highest BCUT2D eigenvalue weighted by Crippen LogP contribution is 2.20. The van der Waals surface area contributed by atoms with Crippen LogP contribution in [0.4, 0.5) is 0 Å². The minimum absolute atomic E-state index is 0.0750. The van der Waals surface area contributed by atoms with Gasteiger partial charge in [0.2, 0.25) is 0 Å². The third kappa shape index (κ3) is 3.03. The third-order valence-corrected chi connectivity index (χ3v) is 4.91. The Bertz CT molecular complexity index is 447. The van der Waals surface area contributed by atoms with Crippen molar-refractivity contribution in [3.63, 3.8) is 0 Å². The number of amides is 1. The summed E-state index contributed by atoms with van der Waals surface area (Å²) >= 11 is 2.20. The van der Waals surface area contributed by atoms with Gasteiger partial charge in [-0.15, -0.1) is 0 Å². The highest BCUT2D eigenvalue weighted by Gasteiger charge is 2.25. The van der Waals surface area contributed by atoms with E-state index in [-0.39, 0.29) is 11.9 Å². The summed E-state index contributed by atoms with van der Waals surface area (Å²) in [5.74, 6) is -0.0750. The van der Waals surface area contributed by atoms with E-state index >= 15 is 0 Å². The highest BCUT2D eigenvalue weighted by atomic mass is 127. The van der Waals surface area contributed by atoms with Crippen molar-refractivity contribution in [3.8, 4) is 0 Å². The Morgan fingerprint density at radius 2 is 2.11 bits per heavy atom. The fraction of sp³-hybridized carbons (Fsp3) is 0.500. The van der Waals surface area contributed by atoms with Crippen LogP contribution in [0.1, 0.15) is 41.6 Å². The molecule has 2 rings (SSSR count). The van der Waals surface area contributed by atoms with E-state index < -0.39 is 6.10 Å². The van der Waals surface area contributed by atoms with Gasteiger partial charge in [-0.05, 0) is 54.0 Å². The van der Waals surface area contributed by atoms with Crippen LogP contribution in [0, 0.1) is 10.5 Å². The number of carbonyl (C=O) groups is 1. The number of nitrogens with one attached hydrogen (secondary N) is 1. The second kappa shape index (κ2) is 6.02. The van der Waals surface area contributed by atoms with Gasteiger partial charge >= 0.3 is 0 Å². The summed E-state index contributed by atoms with van der Waals surface area (Å²) in [7, 11) is 0. The second-order valence-corrected chi connectivity index (χ2v) is 5.95. The summed E-state index contributed by atoms with van der Waals surface area (Å²) in [5.41, 5.74) is 1.81. The normalized spacial score (nSPS) is 23.7. The van der Waals surface area contributed by atoms with Gasteiger partial charge in [-0.2, -0.15) is 0 Å². The zero-order chi connectivity index (χ0) is 13.1. The molecule has 1 aromatic carbocycles. The van der Waals surface area contributed by atoms with Crippen molar-refractivity contribution in [2.75, 3.05) is 0 Å². The van der Waals surface area contributed by atoms with E-state index in [2.05, 4.69) is 27.9 Å². The van der Waals surface area contributed by atoms with Gasteiger partial charge in [-0.1, -0.05) is 25.0 Å². The first-order chi connectivity index (χ1) is 8.59. The molecule has 0 saturated heterocycles. The van der Waals surface area contributed by atoms with Gasteiger partial charge in [0.15, 0.2) is 0 Å². The maximum absolute atomic E-state index is 12.2. The van der Waals surface area contributed by atoms with Gasteiger partial charge in [0.1, 0.15) is 0 Å². The van der Waals surface area contributed by atoms with E-state index in [4.69, 9.17) is 0 Å². The van der Waals surface area contributed by atoms with Crippen molar-refractivity contribution in [1.82, 2.24) is 5.32 Å². The van der Waals surface area contributed by atoms with Crippen molar-refractivity contribution in [1.29, 1.82) is 0 Å². The third-order valence-electron chi connectivity index (χ3n) is 3.48. The van der Waals surface area contributed by atoms with Crippen molar-refractivity contribution in [2.24, 2.45) is 0 Å². The molecular formula is C14H18INO2. The maximum atomic E-state index is 12.2. The monoisotopic (exact) mass is 359 g/mol. The van der Waals surface area contributed by atoms with Gasteiger partial charge < -0.3 is 10.4 Å². The number of carbonyl (C=O) groups excluding carboxylic acids is 1. The van der Waals surface area contributed by atoms with Crippen LogP contribution >= 0.6 is 22.6 Å². The number of hydrogen-bond acceptors (Lipinski definition) is 2. The van der Waals surface area contributed by atoms with Crippen molar-refractivity contribution >= 4 is 28.5 Å². The molecule has 2 N–H and O–H groups in total. The minimum atomic E-state index is -0.398. The summed E-state index contributed by atoms with van der Waals surface area (Å²) in [6, 6.07) is 5.62. The molecule has 0 heterocycles. The molecule has 1 saturated carbocycles. The van der Waals surface area contributed by atoms with E-state index in [0.29, 0.717) is 5.56 Å². The molecule has 0 aliphatic heterocycles. The quantitative estimate of drug-likeness (QED) is 0.798. The van der Waals surface area contributed by atoms with Gasteiger partial charge in [0.25, 0.3) is 5.91 Å². The minimum Gasteiger partial charge on any atom is -0.391 e. The second-order valence-electron chi connectivity index (χ2n) is 4.87. The smallest absolute Gasteiger partial charge is 0.252 e. The molecule has 1 fully saturated rings. The van der Waals surface area contributed by atoms with Crippen molar-refractivity contribution < 1.29 is 9.90 Å². The number of hydrogen-bond donors (Lipinski definition) is 2. The zero-order valence-electron chi connectivity index (χ0n) is 10.4. The molecule has 0 bridgehead atoms. The Balaban J connectivity index is 2.09. The molecule has 0 spiro atoms. The first-order valence-electron chi connectivity index (χ1n) is 6.33. The van der Waals surface area contributed by atoms with E-state index in [9.17, 15) is 9.90 Å². The number of benzene rings is 1. The average Bonchev–Trinajstić information content (AvgIpc) is 2.35. The number of aryl methyl sites for hydroxylation is 1. The van der Waals surface area contributed by atoms with Gasteiger partial charge in [0, 0.05) is 3.57 Å². The van der Waals surface area contributed by atoms with Gasteiger partial charge in [-0.3, -0.25) is 4.79 Å². The van der Waals surface area contributed by atoms with Crippen LogP contribution in [0.2, 0.25) is 0 Å². The molecule has 98 valence electrons. The molecular weight excluding hydrogens is 341 g/mol. The molecule has 1 amide bonds. The summed E-state index contributed by atoms with van der Waals surface area (Å²) in [6.45, 7) is 1.99. The average molecular weight is 359 g/mol. The SMILES string of the molecule is Cc1cccc(C(=O)NC2CCCCC2O)c1I. The van der Waals surface area contributed by atoms with Crippen LogP contribution in [0.15, 0.2) is 18.2 Å². The first-order valence-corrected chi connectivity index (χ1v) is 7.41. The summed E-state index contributed by atoms with van der Waals surface area (Å²) < 4.78 is 0.984. The molecule has 1 aliphatic carbocycles. The fourth-order valence-corrected chi connectivity index (χ4v) is 2.95. The van der Waals surface area contributed by atoms with E-state index in [1.165, 1.54) is 0 Å². The Morgan fingerprint density at radius 3 is 2.83 bits per heavy atom. The topological polar surface area (TPSA) is 49.3 Å². The van der Waals surface area contributed by atoms with Crippen LogP contribution in [0.25, 0.3) is 0 Å². The Morgan fingerprint density at radius 1 is 1.39 bits per heavy atom. The number of aliphatic hydroxyl groups is 1. The first kappa shape index (κ1) is 13.8. The predicted octanol–water partition coefficient (Wildman–Crippen LogP) is 2.63. The lowest BCUT2D eigenvalue weighted by Gasteiger charge is -2.28. The molecule has 0 radical (unpaired) electrons. The lowest BCUT2D eigenvalue weighted by molar-refractivity contribution is 0.0716. The van der Waals surface area contributed by atoms with E-state index in [1.807, 2.05) is 25.1 Å². The standard InChI is InChI=1S/C14H18INO2/c1-9-5-4-6-10(13(9)15)14(18)16-11-7-2-3-8-12(11)17/h4-6,11-12,17H,2-3,7-8H2,1H3,(H,16,18). The maximum Gasteiger partial charge on any atom is 0.252 e. The van der Waals surface area contributed by atoms with Crippen LogP contribution in [0.3, 0.4) is 0 Å². The summed E-state index contributed by atoms with van der Waals surface area (Å²) in [6.07, 6.45) is 3.39. The number of halogens is 1. The highest BCUT2D eigenvalue weighted by molar-refractivity contribution is 14.1. The van der Waals surface area contributed by atoms with E-state index in [1.54, 1.807) is 0 Å². The zero-order valence-corrected chi connectivity index (χ0v) is 12.6. The van der Waals surface area contributed by atoms with Crippen molar-refractivity contribution in [3.05, 3.63) is 32.9 Å². The molecule has 3 nitrogen and oxygen atoms in total. The van der Waals surface area contributed by atoms with Crippen LogP contribution in [-0.4, -0.2) is 23.2 Å². The lowest BCUT2D eigenvalue weighted by Crippen LogP contribution is -2.45. The summed E-state index contributed by atoms with van der Waals surface area (Å²) in [5, 5.41) is 12.8.